The standard InChI is InChI=1S/C16H14ClN3O2/c1-18-16-13-7-4-11(17)8-14(13)15(9-19-16)10-2-5-12(6-3-10)20(21)22/h2-8,15H,9H2,1H3,(H,18,19). The van der Waals surface area contributed by atoms with Gasteiger partial charge in [-0.2, -0.15) is 0 Å². The van der Waals surface area contributed by atoms with Crippen molar-refractivity contribution in [2.45, 2.75) is 5.92 Å². The van der Waals surface area contributed by atoms with E-state index in [1.54, 1.807) is 12.1 Å². The number of fused-ring (bicyclic) bond motifs is 1. The number of aliphatic imine (C=N–C) groups is 1. The normalized spacial score (nSPS) is 16.6. The topological polar surface area (TPSA) is 67.5 Å². The molecule has 22 heavy (non-hydrogen) atoms. The number of nitro benzene ring substituents is 1. The molecule has 0 aromatic heterocycles. The van der Waals surface area contributed by atoms with Gasteiger partial charge in [0.05, 0.1) is 11.5 Å². The second-order valence-corrected chi connectivity index (χ2v) is 5.51. The first-order valence-corrected chi connectivity index (χ1v) is 7.24. The molecule has 1 atom stereocenters. The lowest BCUT2D eigenvalue weighted by Gasteiger charge is -2.25. The lowest BCUT2D eigenvalue weighted by atomic mass is 9.86. The molecule has 1 heterocycles. The van der Waals surface area contributed by atoms with E-state index in [2.05, 4.69) is 10.3 Å². The summed E-state index contributed by atoms with van der Waals surface area (Å²) in [6.07, 6.45) is 0. The lowest BCUT2D eigenvalue weighted by molar-refractivity contribution is -0.384. The van der Waals surface area contributed by atoms with Gasteiger partial charge in [-0.25, -0.2) is 0 Å². The third kappa shape index (κ3) is 2.55. The van der Waals surface area contributed by atoms with Crippen molar-refractivity contribution in [3.63, 3.8) is 0 Å². The smallest absolute Gasteiger partial charge is 0.269 e. The molecule has 1 aliphatic heterocycles. The van der Waals surface area contributed by atoms with Gasteiger partial charge >= 0.3 is 0 Å². The average molecular weight is 316 g/mol. The predicted octanol–water partition coefficient (Wildman–Crippen LogP) is 3.36. The molecule has 0 saturated heterocycles. The highest BCUT2D eigenvalue weighted by atomic mass is 35.5. The monoisotopic (exact) mass is 315 g/mol. The van der Waals surface area contributed by atoms with E-state index in [0.717, 1.165) is 22.5 Å². The molecule has 1 unspecified atom stereocenters. The maximum absolute atomic E-state index is 10.8. The van der Waals surface area contributed by atoms with Gasteiger partial charge in [0.15, 0.2) is 0 Å². The summed E-state index contributed by atoms with van der Waals surface area (Å²) in [5.41, 5.74) is 3.18. The molecule has 6 heteroatoms. The Morgan fingerprint density at radius 3 is 2.64 bits per heavy atom. The first kappa shape index (κ1) is 14.5. The van der Waals surface area contributed by atoms with E-state index in [4.69, 9.17) is 11.6 Å². The van der Waals surface area contributed by atoms with Gasteiger partial charge in [0.2, 0.25) is 0 Å². The SMILES string of the molecule is CNC1=NCC(c2ccc([N+](=O)[O-])cc2)c2cc(Cl)ccc21. The number of nitro groups is 1. The van der Waals surface area contributed by atoms with Crippen LogP contribution in [0.2, 0.25) is 5.02 Å². The number of benzene rings is 2. The summed E-state index contributed by atoms with van der Waals surface area (Å²) in [5, 5.41) is 14.5. The fourth-order valence-electron chi connectivity index (χ4n) is 2.73. The van der Waals surface area contributed by atoms with Crippen molar-refractivity contribution < 1.29 is 4.92 Å². The highest BCUT2D eigenvalue weighted by molar-refractivity contribution is 6.30. The van der Waals surface area contributed by atoms with Crippen LogP contribution in [0, 0.1) is 10.1 Å². The minimum Gasteiger partial charge on any atom is -0.373 e. The van der Waals surface area contributed by atoms with Crippen LogP contribution < -0.4 is 5.32 Å². The van der Waals surface area contributed by atoms with Crippen molar-refractivity contribution in [1.82, 2.24) is 5.32 Å². The summed E-state index contributed by atoms with van der Waals surface area (Å²) in [6, 6.07) is 12.3. The van der Waals surface area contributed by atoms with Crippen LogP contribution >= 0.6 is 11.6 Å². The Balaban J connectivity index is 2.04. The molecule has 2 aromatic rings. The maximum Gasteiger partial charge on any atom is 0.269 e. The van der Waals surface area contributed by atoms with Gasteiger partial charge in [-0.15, -0.1) is 0 Å². The number of hydrogen-bond donors (Lipinski definition) is 1. The molecule has 5 nitrogen and oxygen atoms in total. The van der Waals surface area contributed by atoms with Crippen molar-refractivity contribution in [3.8, 4) is 0 Å². The Morgan fingerprint density at radius 2 is 2.00 bits per heavy atom. The fourth-order valence-corrected chi connectivity index (χ4v) is 2.91. The molecule has 112 valence electrons. The summed E-state index contributed by atoms with van der Waals surface area (Å²) in [4.78, 5) is 14.9. The number of rotatable bonds is 2. The summed E-state index contributed by atoms with van der Waals surface area (Å²) < 4.78 is 0. The van der Waals surface area contributed by atoms with Crippen LogP contribution in [0.4, 0.5) is 5.69 Å². The first-order chi connectivity index (χ1) is 10.6. The van der Waals surface area contributed by atoms with Crippen LogP contribution in [0.5, 0.6) is 0 Å². The molecule has 0 aliphatic carbocycles. The second-order valence-electron chi connectivity index (χ2n) is 5.07. The average Bonchev–Trinajstić information content (AvgIpc) is 2.53. The molecule has 0 saturated carbocycles. The molecular formula is C16H14ClN3O2. The maximum atomic E-state index is 10.8. The van der Waals surface area contributed by atoms with Crippen LogP contribution in [-0.4, -0.2) is 24.4 Å². The molecule has 3 rings (SSSR count). The van der Waals surface area contributed by atoms with E-state index in [-0.39, 0.29) is 11.6 Å². The fraction of sp³-hybridized carbons (Fsp3) is 0.188. The zero-order valence-corrected chi connectivity index (χ0v) is 12.7. The predicted molar refractivity (Wildman–Crippen MR) is 86.9 cm³/mol. The van der Waals surface area contributed by atoms with E-state index in [1.807, 2.05) is 25.2 Å². The van der Waals surface area contributed by atoms with Crippen molar-refractivity contribution in [1.29, 1.82) is 0 Å². The van der Waals surface area contributed by atoms with Gasteiger partial charge in [-0.05, 0) is 29.3 Å². The minimum absolute atomic E-state index is 0.0478. The molecule has 0 amide bonds. The Morgan fingerprint density at radius 1 is 1.27 bits per heavy atom. The number of nitrogens with one attached hydrogen (secondary N) is 1. The summed E-state index contributed by atoms with van der Waals surface area (Å²) in [6.45, 7) is 0.585. The van der Waals surface area contributed by atoms with Crippen molar-refractivity contribution in [3.05, 3.63) is 74.3 Å². The largest absolute Gasteiger partial charge is 0.373 e. The zero-order valence-electron chi connectivity index (χ0n) is 11.9. The van der Waals surface area contributed by atoms with Gasteiger partial charge in [0.1, 0.15) is 5.84 Å². The number of nitrogens with zero attached hydrogens (tertiary/aromatic N) is 2. The third-order valence-electron chi connectivity index (χ3n) is 3.82. The Kier molecular flexibility index (Phi) is 3.81. The summed E-state index contributed by atoms with van der Waals surface area (Å²) in [7, 11) is 1.84. The zero-order chi connectivity index (χ0) is 15.7. The highest BCUT2D eigenvalue weighted by Crippen LogP contribution is 2.33. The Labute approximate surface area is 132 Å². The Bertz CT molecular complexity index is 756. The van der Waals surface area contributed by atoms with Crippen molar-refractivity contribution in [2.75, 3.05) is 13.6 Å². The number of amidine groups is 1. The van der Waals surface area contributed by atoms with E-state index >= 15 is 0 Å². The minimum atomic E-state index is -0.396. The van der Waals surface area contributed by atoms with Gasteiger partial charge < -0.3 is 5.32 Å². The third-order valence-corrected chi connectivity index (χ3v) is 4.05. The van der Waals surface area contributed by atoms with Gasteiger partial charge in [0, 0.05) is 35.7 Å². The molecule has 0 fully saturated rings. The first-order valence-electron chi connectivity index (χ1n) is 6.86. The van der Waals surface area contributed by atoms with E-state index in [9.17, 15) is 10.1 Å². The van der Waals surface area contributed by atoms with Crippen LogP contribution in [0.1, 0.15) is 22.6 Å². The molecule has 2 aromatic carbocycles. The van der Waals surface area contributed by atoms with Gasteiger partial charge in [-0.3, -0.25) is 15.1 Å². The van der Waals surface area contributed by atoms with Crippen LogP contribution in [0.3, 0.4) is 0 Å². The lowest BCUT2D eigenvalue weighted by Crippen LogP contribution is -2.27. The van der Waals surface area contributed by atoms with E-state index < -0.39 is 4.92 Å². The number of non-ortho nitro benzene ring substituents is 1. The number of halogens is 1. The van der Waals surface area contributed by atoms with Crippen molar-refractivity contribution in [2.24, 2.45) is 4.99 Å². The van der Waals surface area contributed by atoms with E-state index in [0.29, 0.717) is 11.6 Å². The van der Waals surface area contributed by atoms with Crippen molar-refractivity contribution >= 4 is 23.1 Å². The van der Waals surface area contributed by atoms with Gasteiger partial charge in [-0.1, -0.05) is 23.7 Å². The van der Waals surface area contributed by atoms with Gasteiger partial charge in [0.25, 0.3) is 5.69 Å². The Hall–Kier alpha value is -2.40. The van der Waals surface area contributed by atoms with Crippen LogP contribution in [0.25, 0.3) is 0 Å². The summed E-state index contributed by atoms with van der Waals surface area (Å²) >= 11 is 6.14. The quantitative estimate of drug-likeness (QED) is 0.682. The highest BCUT2D eigenvalue weighted by Gasteiger charge is 2.24. The molecule has 1 N–H and O–H groups in total. The number of hydrogen-bond acceptors (Lipinski definition) is 4. The van der Waals surface area contributed by atoms with Crippen LogP contribution in [-0.2, 0) is 0 Å². The van der Waals surface area contributed by atoms with Crippen LogP contribution in [0.15, 0.2) is 47.5 Å². The molecular weight excluding hydrogens is 302 g/mol. The van der Waals surface area contributed by atoms with E-state index in [1.165, 1.54) is 12.1 Å². The summed E-state index contributed by atoms with van der Waals surface area (Å²) in [5.74, 6) is 0.886. The molecule has 0 bridgehead atoms. The molecule has 0 spiro atoms. The second kappa shape index (κ2) is 5.77. The molecule has 0 radical (unpaired) electrons. The molecule has 1 aliphatic rings.